The molecule has 0 saturated carbocycles. The van der Waals surface area contributed by atoms with Crippen molar-refractivity contribution in [2.45, 2.75) is 17.7 Å². The summed E-state index contributed by atoms with van der Waals surface area (Å²) in [6.07, 6.45) is 1.97. The quantitative estimate of drug-likeness (QED) is 0.854. The standard InChI is InChI=1S/C14H21BrN2O3S/c1-16-9-11-4-3-7-17(10-11)21(18,19)12-5-6-14(20-2)13(15)8-12/h5-6,8,11,16H,3-4,7,9-10H2,1-2H3. The first kappa shape index (κ1) is 16.7. The fraction of sp³-hybridized carbons (Fsp3) is 0.571. The zero-order valence-corrected chi connectivity index (χ0v) is 14.7. The fourth-order valence-corrected chi connectivity index (χ4v) is 4.93. The van der Waals surface area contributed by atoms with Gasteiger partial charge in [0.05, 0.1) is 16.5 Å². The summed E-state index contributed by atoms with van der Waals surface area (Å²) < 4.78 is 32.8. The van der Waals surface area contributed by atoms with Crippen molar-refractivity contribution in [2.75, 3.05) is 33.8 Å². The van der Waals surface area contributed by atoms with E-state index in [1.807, 2.05) is 7.05 Å². The predicted octanol–water partition coefficient (Wildman–Crippen LogP) is 2.08. The molecule has 1 heterocycles. The Labute approximate surface area is 134 Å². The van der Waals surface area contributed by atoms with Gasteiger partial charge in [-0.25, -0.2) is 8.42 Å². The van der Waals surface area contributed by atoms with E-state index in [2.05, 4.69) is 21.2 Å². The van der Waals surface area contributed by atoms with E-state index in [1.165, 1.54) is 0 Å². The smallest absolute Gasteiger partial charge is 0.243 e. The highest BCUT2D eigenvalue weighted by Crippen LogP contribution is 2.30. The minimum absolute atomic E-state index is 0.306. The van der Waals surface area contributed by atoms with Crippen LogP contribution in [-0.2, 0) is 10.0 Å². The van der Waals surface area contributed by atoms with Gasteiger partial charge in [-0.05, 0) is 66.5 Å². The van der Waals surface area contributed by atoms with Crippen molar-refractivity contribution in [3.8, 4) is 5.75 Å². The van der Waals surface area contributed by atoms with Gasteiger partial charge in [-0.1, -0.05) is 0 Å². The highest BCUT2D eigenvalue weighted by molar-refractivity contribution is 9.10. The molecule has 2 rings (SSSR count). The van der Waals surface area contributed by atoms with Crippen molar-refractivity contribution < 1.29 is 13.2 Å². The van der Waals surface area contributed by atoms with Gasteiger partial charge < -0.3 is 10.1 Å². The van der Waals surface area contributed by atoms with Crippen LogP contribution < -0.4 is 10.1 Å². The molecule has 1 aliphatic rings. The van der Waals surface area contributed by atoms with Crippen LogP contribution in [0.3, 0.4) is 0 Å². The van der Waals surface area contributed by atoms with Crippen LogP contribution in [0.15, 0.2) is 27.6 Å². The monoisotopic (exact) mass is 376 g/mol. The lowest BCUT2D eigenvalue weighted by atomic mass is 10.00. The molecule has 0 spiro atoms. The fourth-order valence-electron chi connectivity index (χ4n) is 2.66. The Balaban J connectivity index is 2.23. The van der Waals surface area contributed by atoms with E-state index < -0.39 is 10.0 Å². The third-order valence-electron chi connectivity index (χ3n) is 3.74. The molecule has 0 bridgehead atoms. The second-order valence-electron chi connectivity index (χ2n) is 5.23. The molecule has 118 valence electrons. The van der Waals surface area contributed by atoms with Crippen molar-refractivity contribution in [2.24, 2.45) is 5.92 Å². The Kier molecular flexibility index (Phi) is 5.65. The first-order valence-corrected chi connectivity index (χ1v) is 9.20. The van der Waals surface area contributed by atoms with Crippen molar-refractivity contribution in [1.29, 1.82) is 0 Å². The predicted molar refractivity (Wildman–Crippen MR) is 86.1 cm³/mol. The molecule has 1 fully saturated rings. The van der Waals surface area contributed by atoms with E-state index in [0.29, 0.717) is 34.1 Å². The summed E-state index contributed by atoms with van der Waals surface area (Å²) in [5.74, 6) is 1.00. The van der Waals surface area contributed by atoms with Gasteiger partial charge in [-0.15, -0.1) is 0 Å². The molecule has 1 aliphatic heterocycles. The second-order valence-corrected chi connectivity index (χ2v) is 8.02. The molecule has 5 nitrogen and oxygen atoms in total. The number of nitrogens with one attached hydrogen (secondary N) is 1. The van der Waals surface area contributed by atoms with Gasteiger partial charge in [0.15, 0.2) is 0 Å². The Morgan fingerprint density at radius 3 is 2.86 bits per heavy atom. The minimum Gasteiger partial charge on any atom is -0.496 e. The summed E-state index contributed by atoms with van der Waals surface area (Å²) in [4.78, 5) is 0.306. The number of hydrogen-bond donors (Lipinski definition) is 1. The number of benzene rings is 1. The number of hydrogen-bond acceptors (Lipinski definition) is 4. The molecule has 0 aliphatic carbocycles. The van der Waals surface area contributed by atoms with Crippen LogP contribution >= 0.6 is 15.9 Å². The van der Waals surface area contributed by atoms with Crippen LogP contribution in [0, 0.1) is 5.92 Å². The SMILES string of the molecule is CNCC1CCCN(S(=O)(=O)c2ccc(OC)c(Br)c2)C1. The first-order valence-electron chi connectivity index (χ1n) is 6.97. The zero-order valence-electron chi connectivity index (χ0n) is 12.3. The number of piperidine rings is 1. The van der Waals surface area contributed by atoms with E-state index in [-0.39, 0.29) is 0 Å². The molecule has 1 N–H and O–H groups in total. The summed E-state index contributed by atoms with van der Waals surface area (Å²) in [5.41, 5.74) is 0. The highest BCUT2D eigenvalue weighted by atomic mass is 79.9. The molecular formula is C14H21BrN2O3S. The Hall–Kier alpha value is -0.630. The van der Waals surface area contributed by atoms with Gasteiger partial charge in [0.2, 0.25) is 10.0 Å². The van der Waals surface area contributed by atoms with Crippen LogP contribution in [0.2, 0.25) is 0 Å². The van der Waals surface area contributed by atoms with Crippen LogP contribution in [0.4, 0.5) is 0 Å². The van der Waals surface area contributed by atoms with Crippen LogP contribution in [0.25, 0.3) is 0 Å². The Morgan fingerprint density at radius 1 is 1.48 bits per heavy atom. The number of nitrogens with zero attached hydrogens (tertiary/aromatic N) is 1. The average molecular weight is 377 g/mol. The van der Waals surface area contributed by atoms with Gasteiger partial charge in [-0.3, -0.25) is 0 Å². The number of methoxy groups -OCH3 is 1. The normalized spacial score (nSPS) is 20.4. The molecule has 7 heteroatoms. The third-order valence-corrected chi connectivity index (χ3v) is 6.22. The second kappa shape index (κ2) is 7.09. The lowest BCUT2D eigenvalue weighted by Gasteiger charge is -2.31. The summed E-state index contributed by atoms with van der Waals surface area (Å²) in [7, 11) is 0.0129. The van der Waals surface area contributed by atoms with Crippen molar-refractivity contribution in [1.82, 2.24) is 9.62 Å². The van der Waals surface area contributed by atoms with E-state index in [4.69, 9.17) is 4.74 Å². The molecule has 1 saturated heterocycles. The molecule has 1 atom stereocenters. The van der Waals surface area contributed by atoms with E-state index in [9.17, 15) is 8.42 Å². The van der Waals surface area contributed by atoms with Gasteiger partial charge >= 0.3 is 0 Å². The van der Waals surface area contributed by atoms with E-state index in [1.54, 1.807) is 29.6 Å². The Bertz CT molecular complexity index is 590. The highest BCUT2D eigenvalue weighted by Gasteiger charge is 2.30. The maximum Gasteiger partial charge on any atom is 0.243 e. The van der Waals surface area contributed by atoms with Crippen LogP contribution in [-0.4, -0.2) is 46.5 Å². The lowest BCUT2D eigenvalue weighted by Crippen LogP contribution is -2.42. The largest absolute Gasteiger partial charge is 0.496 e. The number of rotatable bonds is 5. The van der Waals surface area contributed by atoms with Gasteiger partial charge in [0.25, 0.3) is 0 Å². The molecule has 21 heavy (non-hydrogen) atoms. The maximum atomic E-state index is 12.7. The number of halogens is 1. The minimum atomic E-state index is -3.44. The van der Waals surface area contributed by atoms with Crippen molar-refractivity contribution in [3.63, 3.8) is 0 Å². The molecule has 1 aromatic carbocycles. The lowest BCUT2D eigenvalue weighted by molar-refractivity contribution is 0.263. The molecular weight excluding hydrogens is 356 g/mol. The molecule has 1 unspecified atom stereocenters. The maximum absolute atomic E-state index is 12.7. The average Bonchev–Trinajstić information content (AvgIpc) is 2.48. The Morgan fingerprint density at radius 2 is 2.24 bits per heavy atom. The van der Waals surface area contributed by atoms with Crippen molar-refractivity contribution in [3.05, 3.63) is 22.7 Å². The summed E-state index contributed by atoms with van der Waals surface area (Å²) in [6, 6.07) is 4.88. The van der Waals surface area contributed by atoms with Gasteiger partial charge in [0.1, 0.15) is 5.75 Å². The van der Waals surface area contributed by atoms with E-state index in [0.717, 1.165) is 19.4 Å². The number of ether oxygens (including phenoxy) is 1. The van der Waals surface area contributed by atoms with Crippen LogP contribution in [0.1, 0.15) is 12.8 Å². The molecule has 0 aromatic heterocycles. The number of sulfonamides is 1. The van der Waals surface area contributed by atoms with Gasteiger partial charge in [0, 0.05) is 13.1 Å². The summed E-state index contributed by atoms with van der Waals surface area (Å²) in [5, 5.41) is 3.13. The first-order chi connectivity index (χ1) is 9.98. The summed E-state index contributed by atoms with van der Waals surface area (Å²) in [6.45, 7) is 2.01. The van der Waals surface area contributed by atoms with Crippen LogP contribution in [0.5, 0.6) is 5.75 Å². The summed E-state index contributed by atoms with van der Waals surface area (Å²) >= 11 is 3.34. The van der Waals surface area contributed by atoms with Crippen molar-refractivity contribution >= 4 is 26.0 Å². The molecule has 0 amide bonds. The molecule has 0 radical (unpaired) electrons. The molecule has 1 aromatic rings. The van der Waals surface area contributed by atoms with Gasteiger partial charge in [-0.2, -0.15) is 4.31 Å². The zero-order chi connectivity index (χ0) is 15.5. The third kappa shape index (κ3) is 3.77. The van der Waals surface area contributed by atoms with E-state index >= 15 is 0 Å². The topological polar surface area (TPSA) is 58.6 Å².